The van der Waals surface area contributed by atoms with Gasteiger partial charge in [-0.25, -0.2) is 0 Å². The van der Waals surface area contributed by atoms with Crippen LogP contribution in [-0.2, 0) is 12.8 Å². The van der Waals surface area contributed by atoms with Crippen molar-refractivity contribution in [3.63, 3.8) is 0 Å². The van der Waals surface area contributed by atoms with E-state index in [1.54, 1.807) is 6.08 Å². The van der Waals surface area contributed by atoms with Crippen molar-refractivity contribution in [1.82, 2.24) is 0 Å². The van der Waals surface area contributed by atoms with Gasteiger partial charge in [-0.15, -0.1) is 0 Å². The summed E-state index contributed by atoms with van der Waals surface area (Å²) in [6.07, 6.45) is 3.69. The third-order valence-electron chi connectivity index (χ3n) is 3.54. The Balaban J connectivity index is 2.28. The van der Waals surface area contributed by atoms with Crippen LogP contribution in [0.4, 0.5) is 0 Å². The zero-order valence-electron chi connectivity index (χ0n) is 10.4. The second-order valence-electron chi connectivity index (χ2n) is 4.65. The van der Waals surface area contributed by atoms with Gasteiger partial charge < -0.3 is 0 Å². The molecule has 2 aromatic rings. The van der Waals surface area contributed by atoms with Crippen molar-refractivity contribution in [3.05, 3.63) is 75.3 Å². The van der Waals surface area contributed by atoms with Crippen LogP contribution in [0.3, 0.4) is 0 Å². The van der Waals surface area contributed by atoms with Crippen LogP contribution in [0, 0.1) is 11.3 Å². The molecule has 0 N–H and O–H groups in total. The summed E-state index contributed by atoms with van der Waals surface area (Å²) < 4.78 is 1.09. The summed E-state index contributed by atoms with van der Waals surface area (Å²) in [4.78, 5) is 0. The molecule has 19 heavy (non-hydrogen) atoms. The normalized spacial score (nSPS) is 15.3. The van der Waals surface area contributed by atoms with Crippen LogP contribution < -0.4 is 0 Å². The van der Waals surface area contributed by atoms with Crippen LogP contribution in [-0.4, -0.2) is 0 Å². The summed E-state index contributed by atoms with van der Waals surface area (Å²) in [5, 5.41) is 9.08. The number of rotatable bonds is 0. The van der Waals surface area contributed by atoms with Gasteiger partial charge in [0, 0.05) is 10.5 Å². The number of allylic oxidation sites excluding steroid dienone is 1. The average Bonchev–Trinajstić information content (AvgIpc) is 2.57. The van der Waals surface area contributed by atoms with Gasteiger partial charge in [-0.2, -0.15) is 5.26 Å². The molecule has 2 heteroatoms. The Morgan fingerprint density at radius 3 is 2.58 bits per heavy atom. The molecular formula is C17H12BrN. The molecule has 0 aromatic heterocycles. The first-order valence-corrected chi connectivity index (χ1v) is 7.06. The fourth-order valence-corrected chi connectivity index (χ4v) is 3.08. The van der Waals surface area contributed by atoms with Gasteiger partial charge in [0.2, 0.25) is 0 Å². The molecule has 0 spiro atoms. The minimum Gasteiger partial charge on any atom is -0.193 e. The Labute approximate surface area is 121 Å². The zero-order chi connectivity index (χ0) is 13.2. The lowest BCUT2D eigenvalue weighted by Crippen LogP contribution is -1.92. The number of benzene rings is 2. The molecule has 1 nitrogen and oxygen atoms in total. The molecule has 92 valence electrons. The molecule has 0 bridgehead atoms. The number of nitrogens with zero attached hydrogens (tertiary/aromatic N) is 1. The molecule has 0 amide bonds. The lowest BCUT2D eigenvalue weighted by Gasteiger charge is -2.10. The van der Waals surface area contributed by atoms with Gasteiger partial charge in [-0.05, 0) is 52.8 Å². The van der Waals surface area contributed by atoms with E-state index in [1.807, 2.05) is 12.1 Å². The summed E-state index contributed by atoms with van der Waals surface area (Å²) in [7, 11) is 0. The van der Waals surface area contributed by atoms with E-state index in [9.17, 15) is 0 Å². The van der Waals surface area contributed by atoms with E-state index in [0.29, 0.717) is 0 Å². The summed E-state index contributed by atoms with van der Waals surface area (Å²) in [5.41, 5.74) is 6.02. The SMILES string of the molecule is N#C/C=C1\c2ccccc2CCc2cc(Br)ccc21. The molecule has 0 atom stereocenters. The zero-order valence-corrected chi connectivity index (χ0v) is 11.9. The predicted molar refractivity (Wildman–Crippen MR) is 80.7 cm³/mol. The van der Waals surface area contributed by atoms with E-state index >= 15 is 0 Å². The first kappa shape index (κ1) is 12.2. The van der Waals surface area contributed by atoms with Gasteiger partial charge in [0.15, 0.2) is 0 Å². The van der Waals surface area contributed by atoms with Crippen molar-refractivity contribution in [2.45, 2.75) is 12.8 Å². The summed E-state index contributed by atoms with van der Waals surface area (Å²) >= 11 is 3.53. The largest absolute Gasteiger partial charge is 0.193 e. The van der Waals surface area contributed by atoms with Crippen molar-refractivity contribution >= 4 is 21.5 Å². The molecule has 2 aromatic carbocycles. The first-order valence-electron chi connectivity index (χ1n) is 6.26. The highest BCUT2D eigenvalue weighted by molar-refractivity contribution is 9.10. The maximum absolute atomic E-state index is 9.08. The maximum atomic E-state index is 9.08. The number of nitriles is 1. The molecule has 0 unspecified atom stereocenters. The van der Waals surface area contributed by atoms with Gasteiger partial charge in [-0.1, -0.05) is 46.3 Å². The highest BCUT2D eigenvalue weighted by Gasteiger charge is 2.17. The van der Waals surface area contributed by atoms with Gasteiger partial charge in [-0.3, -0.25) is 0 Å². The van der Waals surface area contributed by atoms with E-state index in [2.05, 4.69) is 52.3 Å². The lowest BCUT2D eigenvalue weighted by molar-refractivity contribution is 0.964. The van der Waals surface area contributed by atoms with Gasteiger partial charge in [0.25, 0.3) is 0 Å². The Bertz CT molecular complexity index is 707. The Morgan fingerprint density at radius 2 is 1.74 bits per heavy atom. The molecule has 0 heterocycles. The first-order chi connectivity index (χ1) is 9.29. The van der Waals surface area contributed by atoms with Crippen LogP contribution in [0.2, 0.25) is 0 Å². The number of fused-ring (bicyclic) bond motifs is 2. The maximum Gasteiger partial charge on any atom is 0.0918 e. The van der Waals surface area contributed by atoms with Crippen molar-refractivity contribution in [2.75, 3.05) is 0 Å². The molecule has 1 aliphatic rings. The van der Waals surface area contributed by atoms with Crippen LogP contribution in [0.1, 0.15) is 22.3 Å². The molecule has 0 saturated carbocycles. The fourth-order valence-electron chi connectivity index (χ4n) is 2.67. The standard InChI is InChI=1S/C17H12BrN/c18-14-7-8-16-13(11-14)6-5-12-3-1-2-4-15(12)17(16)9-10-19/h1-4,7-9,11H,5-6H2/b17-9+. The van der Waals surface area contributed by atoms with E-state index < -0.39 is 0 Å². The smallest absolute Gasteiger partial charge is 0.0918 e. The van der Waals surface area contributed by atoms with Crippen molar-refractivity contribution in [2.24, 2.45) is 0 Å². The number of halogens is 1. The summed E-state index contributed by atoms with van der Waals surface area (Å²) in [5.74, 6) is 0. The highest BCUT2D eigenvalue weighted by Crippen LogP contribution is 2.34. The third kappa shape index (κ3) is 2.22. The second kappa shape index (κ2) is 5.03. The Hall–Kier alpha value is -1.85. The number of hydrogen-bond acceptors (Lipinski definition) is 1. The van der Waals surface area contributed by atoms with E-state index in [4.69, 9.17) is 5.26 Å². The average molecular weight is 310 g/mol. The fraction of sp³-hybridized carbons (Fsp3) is 0.118. The van der Waals surface area contributed by atoms with Crippen LogP contribution in [0.15, 0.2) is 53.0 Å². The lowest BCUT2D eigenvalue weighted by atomic mass is 9.94. The minimum atomic E-state index is 1.01. The van der Waals surface area contributed by atoms with Crippen molar-refractivity contribution < 1.29 is 0 Å². The van der Waals surface area contributed by atoms with Crippen LogP contribution >= 0.6 is 15.9 Å². The monoisotopic (exact) mass is 309 g/mol. The van der Waals surface area contributed by atoms with Crippen molar-refractivity contribution in [3.8, 4) is 6.07 Å². The van der Waals surface area contributed by atoms with Crippen LogP contribution in [0.25, 0.3) is 5.57 Å². The Morgan fingerprint density at radius 1 is 1.00 bits per heavy atom. The van der Waals surface area contributed by atoms with Crippen molar-refractivity contribution in [1.29, 1.82) is 5.26 Å². The molecule has 0 fully saturated rings. The van der Waals surface area contributed by atoms with E-state index in [1.165, 1.54) is 22.3 Å². The van der Waals surface area contributed by atoms with Gasteiger partial charge >= 0.3 is 0 Å². The molecule has 3 rings (SSSR count). The molecule has 0 radical (unpaired) electrons. The molecular weight excluding hydrogens is 298 g/mol. The van der Waals surface area contributed by atoms with Gasteiger partial charge in [0.05, 0.1) is 6.07 Å². The summed E-state index contributed by atoms with van der Waals surface area (Å²) in [6, 6.07) is 16.8. The highest BCUT2D eigenvalue weighted by atomic mass is 79.9. The van der Waals surface area contributed by atoms with Crippen LogP contribution in [0.5, 0.6) is 0 Å². The number of aryl methyl sites for hydroxylation is 2. The predicted octanol–water partition coefficient (Wildman–Crippen LogP) is 4.50. The molecule has 0 aliphatic heterocycles. The van der Waals surface area contributed by atoms with E-state index in [0.717, 1.165) is 22.9 Å². The Kier molecular flexibility index (Phi) is 3.23. The topological polar surface area (TPSA) is 23.8 Å². The quantitative estimate of drug-likeness (QED) is 0.657. The summed E-state index contributed by atoms with van der Waals surface area (Å²) in [6.45, 7) is 0. The second-order valence-corrected chi connectivity index (χ2v) is 5.56. The minimum absolute atomic E-state index is 1.01. The van der Waals surface area contributed by atoms with Gasteiger partial charge in [0.1, 0.15) is 0 Å². The molecule has 1 aliphatic carbocycles. The van der Waals surface area contributed by atoms with E-state index in [-0.39, 0.29) is 0 Å². The molecule has 0 saturated heterocycles. The number of hydrogen-bond donors (Lipinski definition) is 0. The third-order valence-corrected chi connectivity index (χ3v) is 4.03.